The highest BCUT2D eigenvalue weighted by molar-refractivity contribution is 5.85. The molecule has 0 aromatic heterocycles. The van der Waals surface area contributed by atoms with E-state index in [1.807, 2.05) is 0 Å². The fraction of sp³-hybridized carbons (Fsp3) is 0.938. The van der Waals surface area contributed by atoms with Gasteiger partial charge in [0.1, 0.15) is 0 Å². The molecule has 3 aliphatic rings. The van der Waals surface area contributed by atoms with Crippen LogP contribution in [0.4, 0.5) is 8.78 Å². The SMILES string of the molecule is Cl.Cl.O=C(C1CC(F)(F)CN1)N1CCN(CC2CCCCC2)CC1. The van der Waals surface area contributed by atoms with Crippen molar-refractivity contribution >= 4 is 30.7 Å². The molecule has 0 bridgehead atoms. The fourth-order valence-corrected chi connectivity index (χ4v) is 4.00. The Morgan fingerprint density at radius 3 is 2.21 bits per heavy atom. The van der Waals surface area contributed by atoms with E-state index in [0.717, 1.165) is 25.6 Å². The number of amides is 1. The lowest BCUT2D eigenvalue weighted by Crippen LogP contribution is -2.53. The summed E-state index contributed by atoms with van der Waals surface area (Å²) in [5, 5.41) is 2.67. The highest BCUT2D eigenvalue weighted by Crippen LogP contribution is 2.27. The van der Waals surface area contributed by atoms with Gasteiger partial charge in [0.05, 0.1) is 12.6 Å². The summed E-state index contributed by atoms with van der Waals surface area (Å²) in [6.07, 6.45) is 6.39. The quantitative estimate of drug-likeness (QED) is 0.807. The number of halogens is 4. The van der Waals surface area contributed by atoms with Gasteiger partial charge >= 0.3 is 0 Å². The molecule has 1 aliphatic carbocycles. The van der Waals surface area contributed by atoms with Crippen LogP contribution < -0.4 is 5.32 Å². The summed E-state index contributed by atoms with van der Waals surface area (Å²) >= 11 is 0. The summed E-state index contributed by atoms with van der Waals surface area (Å²) in [6, 6.07) is -0.695. The summed E-state index contributed by atoms with van der Waals surface area (Å²) in [5.74, 6) is -2.07. The molecule has 2 aliphatic heterocycles. The van der Waals surface area contributed by atoms with Gasteiger partial charge in [-0.1, -0.05) is 19.3 Å². The second kappa shape index (κ2) is 9.51. The molecule has 142 valence electrons. The lowest BCUT2D eigenvalue weighted by Gasteiger charge is -2.38. The Bertz CT molecular complexity index is 401. The summed E-state index contributed by atoms with van der Waals surface area (Å²) in [7, 11) is 0. The van der Waals surface area contributed by atoms with Gasteiger partial charge in [0.25, 0.3) is 5.92 Å². The van der Waals surface area contributed by atoms with Crippen LogP contribution in [-0.2, 0) is 4.79 Å². The van der Waals surface area contributed by atoms with Crippen molar-refractivity contribution in [2.24, 2.45) is 5.92 Å². The molecule has 4 nitrogen and oxygen atoms in total. The minimum atomic E-state index is -2.73. The molecule has 1 atom stereocenters. The van der Waals surface area contributed by atoms with Crippen LogP contribution >= 0.6 is 24.8 Å². The van der Waals surface area contributed by atoms with Crippen molar-refractivity contribution in [3.63, 3.8) is 0 Å². The van der Waals surface area contributed by atoms with Crippen LogP contribution in [0.15, 0.2) is 0 Å². The molecule has 2 heterocycles. The molecule has 0 aromatic carbocycles. The van der Waals surface area contributed by atoms with E-state index in [4.69, 9.17) is 0 Å². The topological polar surface area (TPSA) is 35.6 Å². The minimum Gasteiger partial charge on any atom is -0.339 e. The van der Waals surface area contributed by atoms with Gasteiger partial charge in [-0.2, -0.15) is 0 Å². The van der Waals surface area contributed by atoms with E-state index >= 15 is 0 Å². The molecule has 0 radical (unpaired) electrons. The first-order valence-electron chi connectivity index (χ1n) is 8.66. The zero-order valence-corrected chi connectivity index (χ0v) is 15.6. The Morgan fingerprint density at radius 2 is 1.67 bits per heavy atom. The Hall–Kier alpha value is -0.170. The van der Waals surface area contributed by atoms with E-state index in [-0.39, 0.29) is 43.7 Å². The van der Waals surface area contributed by atoms with Crippen LogP contribution in [0.1, 0.15) is 38.5 Å². The molecule has 8 heteroatoms. The van der Waals surface area contributed by atoms with Gasteiger partial charge in [0.2, 0.25) is 5.91 Å². The van der Waals surface area contributed by atoms with Gasteiger partial charge in [0.15, 0.2) is 0 Å². The number of alkyl halides is 2. The van der Waals surface area contributed by atoms with Gasteiger partial charge in [-0.05, 0) is 18.8 Å². The van der Waals surface area contributed by atoms with Crippen molar-refractivity contribution in [1.82, 2.24) is 15.1 Å². The van der Waals surface area contributed by atoms with Gasteiger partial charge in [0, 0.05) is 39.1 Å². The van der Waals surface area contributed by atoms with Crippen LogP contribution in [0.3, 0.4) is 0 Å². The molecule has 2 saturated heterocycles. The standard InChI is InChI=1S/C16H27F2N3O.2ClH/c17-16(18)10-14(19-12-16)15(22)21-8-6-20(7-9-21)11-13-4-2-1-3-5-13;;/h13-14,19H,1-12H2;2*1H. The third kappa shape index (κ3) is 5.68. The van der Waals surface area contributed by atoms with Crippen LogP contribution in [0, 0.1) is 5.92 Å². The second-order valence-corrected chi connectivity index (χ2v) is 7.12. The molecule has 1 N–H and O–H groups in total. The van der Waals surface area contributed by atoms with Crippen molar-refractivity contribution in [1.29, 1.82) is 0 Å². The van der Waals surface area contributed by atoms with Crippen molar-refractivity contribution in [2.45, 2.75) is 50.5 Å². The molecule has 24 heavy (non-hydrogen) atoms. The average Bonchev–Trinajstić information content (AvgIpc) is 2.88. The maximum atomic E-state index is 13.2. The average molecular weight is 388 g/mol. The number of carbonyl (C=O) groups excluding carboxylic acids is 1. The van der Waals surface area contributed by atoms with E-state index in [2.05, 4.69) is 10.2 Å². The number of carbonyl (C=O) groups is 1. The summed E-state index contributed by atoms with van der Waals surface area (Å²) in [4.78, 5) is 16.5. The van der Waals surface area contributed by atoms with Crippen molar-refractivity contribution < 1.29 is 13.6 Å². The van der Waals surface area contributed by atoms with Crippen LogP contribution in [0.25, 0.3) is 0 Å². The van der Waals surface area contributed by atoms with Gasteiger partial charge in [-0.15, -0.1) is 24.8 Å². The predicted octanol–water partition coefficient (Wildman–Crippen LogP) is 2.55. The van der Waals surface area contributed by atoms with Crippen molar-refractivity contribution in [3.05, 3.63) is 0 Å². The molecule has 3 fully saturated rings. The van der Waals surface area contributed by atoms with E-state index in [1.54, 1.807) is 4.90 Å². The van der Waals surface area contributed by atoms with Crippen LogP contribution in [0.5, 0.6) is 0 Å². The lowest BCUT2D eigenvalue weighted by molar-refractivity contribution is -0.135. The molecule has 3 rings (SSSR count). The normalized spacial score (nSPS) is 28.1. The number of rotatable bonds is 3. The van der Waals surface area contributed by atoms with Crippen molar-refractivity contribution in [3.8, 4) is 0 Å². The van der Waals surface area contributed by atoms with E-state index < -0.39 is 12.0 Å². The first-order valence-corrected chi connectivity index (χ1v) is 8.66. The summed E-state index contributed by atoms with van der Waals surface area (Å²) in [5.41, 5.74) is 0. The number of nitrogens with zero attached hydrogens (tertiary/aromatic N) is 2. The Kier molecular flexibility index (Phi) is 8.66. The Balaban J connectivity index is 0.00000144. The maximum Gasteiger partial charge on any atom is 0.262 e. The summed E-state index contributed by atoms with van der Waals surface area (Å²) < 4.78 is 26.4. The Morgan fingerprint density at radius 1 is 1.04 bits per heavy atom. The summed E-state index contributed by atoms with van der Waals surface area (Å²) in [6.45, 7) is 3.88. The highest BCUT2D eigenvalue weighted by Gasteiger charge is 2.43. The molecule has 0 aromatic rings. The predicted molar refractivity (Wildman–Crippen MR) is 95.4 cm³/mol. The molecular weight excluding hydrogens is 359 g/mol. The van der Waals surface area contributed by atoms with Crippen molar-refractivity contribution in [2.75, 3.05) is 39.3 Å². The van der Waals surface area contributed by atoms with E-state index in [0.29, 0.717) is 13.1 Å². The zero-order valence-electron chi connectivity index (χ0n) is 14.0. The maximum absolute atomic E-state index is 13.2. The van der Waals surface area contributed by atoms with Gasteiger partial charge in [-0.25, -0.2) is 8.78 Å². The Labute approximate surface area is 155 Å². The third-order valence-electron chi connectivity index (χ3n) is 5.33. The molecular formula is C16H29Cl2F2N3O. The van der Waals surface area contributed by atoms with E-state index in [1.165, 1.54) is 32.1 Å². The fourth-order valence-electron chi connectivity index (χ4n) is 4.00. The van der Waals surface area contributed by atoms with E-state index in [9.17, 15) is 13.6 Å². The first kappa shape index (κ1) is 21.9. The van der Waals surface area contributed by atoms with Crippen LogP contribution in [0.2, 0.25) is 0 Å². The second-order valence-electron chi connectivity index (χ2n) is 7.12. The zero-order chi connectivity index (χ0) is 15.6. The largest absolute Gasteiger partial charge is 0.339 e. The highest BCUT2D eigenvalue weighted by atomic mass is 35.5. The number of hydrogen-bond donors (Lipinski definition) is 1. The first-order chi connectivity index (χ1) is 10.5. The minimum absolute atomic E-state index is 0. The van der Waals surface area contributed by atoms with Gasteiger partial charge < -0.3 is 4.90 Å². The number of hydrogen-bond acceptors (Lipinski definition) is 3. The van der Waals surface area contributed by atoms with Crippen LogP contribution in [-0.4, -0.2) is 66.9 Å². The smallest absolute Gasteiger partial charge is 0.262 e. The number of piperazine rings is 1. The molecule has 1 saturated carbocycles. The van der Waals surface area contributed by atoms with Gasteiger partial charge in [-0.3, -0.25) is 15.0 Å². The lowest BCUT2D eigenvalue weighted by atomic mass is 9.89. The molecule has 1 unspecified atom stereocenters. The number of nitrogens with one attached hydrogen (secondary N) is 1. The monoisotopic (exact) mass is 387 g/mol. The third-order valence-corrected chi connectivity index (χ3v) is 5.33. The molecule has 1 amide bonds. The molecule has 0 spiro atoms.